The first-order valence-electron chi connectivity index (χ1n) is 15.0. The van der Waals surface area contributed by atoms with Gasteiger partial charge in [-0.05, 0) is 114 Å². The first-order valence-corrected chi connectivity index (χ1v) is 16.5. The van der Waals surface area contributed by atoms with Crippen molar-refractivity contribution in [1.29, 1.82) is 0 Å². The number of phenols is 1. The summed E-state index contributed by atoms with van der Waals surface area (Å²) in [5.74, 6) is -0.0723. The van der Waals surface area contributed by atoms with Crippen LogP contribution in [0.2, 0.25) is 0 Å². The Labute approximate surface area is 274 Å². The minimum atomic E-state index is -4.47. The normalized spacial score (nSPS) is 12.6. The van der Waals surface area contributed by atoms with Crippen molar-refractivity contribution in [2.75, 3.05) is 10.6 Å². The molecule has 0 heterocycles. The zero-order valence-corrected chi connectivity index (χ0v) is 26.4. The van der Waals surface area contributed by atoms with E-state index in [4.69, 9.17) is 4.99 Å². The minimum Gasteiger partial charge on any atom is -0.508 e. The van der Waals surface area contributed by atoms with Crippen LogP contribution in [0.3, 0.4) is 0 Å². The number of anilines is 4. The molecular formula is C39H33N3O4S. The van der Waals surface area contributed by atoms with E-state index in [-0.39, 0.29) is 16.3 Å². The van der Waals surface area contributed by atoms with Gasteiger partial charge in [0.05, 0.1) is 17.1 Å². The lowest BCUT2D eigenvalue weighted by molar-refractivity contribution is 0.469. The summed E-state index contributed by atoms with van der Waals surface area (Å²) in [5.41, 5.74) is 9.30. The van der Waals surface area contributed by atoms with Crippen molar-refractivity contribution >= 4 is 50.3 Å². The maximum Gasteiger partial charge on any atom is 0.296 e. The summed E-state index contributed by atoms with van der Waals surface area (Å²) in [6.07, 6.45) is 11.0. The average Bonchev–Trinajstić information content (AvgIpc) is 3.06. The van der Waals surface area contributed by atoms with Crippen LogP contribution in [0.4, 0.5) is 28.4 Å². The van der Waals surface area contributed by atoms with Gasteiger partial charge in [0.1, 0.15) is 10.6 Å². The van der Waals surface area contributed by atoms with Gasteiger partial charge in [0, 0.05) is 23.1 Å². The van der Waals surface area contributed by atoms with Gasteiger partial charge in [-0.2, -0.15) is 8.42 Å². The molecule has 0 aliphatic heterocycles. The topological polar surface area (TPSA) is 111 Å². The summed E-state index contributed by atoms with van der Waals surface area (Å²) in [4.78, 5) is 4.47. The Morgan fingerprint density at radius 1 is 0.702 bits per heavy atom. The van der Waals surface area contributed by atoms with E-state index in [1.807, 2.05) is 78.9 Å². The lowest BCUT2D eigenvalue weighted by Gasteiger charge is -2.13. The maximum absolute atomic E-state index is 11.8. The number of nitrogens with one attached hydrogen (secondary N) is 2. The zero-order valence-electron chi connectivity index (χ0n) is 25.6. The van der Waals surface area contributed by atoms with Crippen LogP contribution in [-0.2, 0) is 16.5 Å². The van der Waals surface area contributed by atoms with E-state index in [9.17, 15) is 18.1 Å². The van der Waals surface area contributed by atoms with Gasteiger partial charge in [-0.15, -0.1) is 0 Å². The quantitative estimate of drug-likeness (QED) is 0.120. The lowest BCUT2D eigenvalue weighted by Crippen LogP contribution is -2.04. The fourth-order valence-electron chi connectivity index (χ4n) is 5.10. The van der Waals surface area contributed by atoms with E-state index in [1.165, 1.54) is 12.1 Å². The Hall–Kier alpha value is -5.70. The van der Waals surface area contributed by atoms with Crippen LogP contribution < -0.4 is 10.6 Å². The van der Waals surface area contributed by atoms with Crippen LogP contribution in [0.5, 0.6) is 5.75 Å². The van der Waals surface area contributed by atoms with Crippen molar-refractivity contribution in [3.8, 4) is 5.75 Å². The summed E-state index contributed by atoms with van der Waals surface area (Å²) >= 11 is 0. The highest BCUT2D eigenvalue weighted by molar-refractivity contribution is 7.86. The van der Waals surface area contributed by atoms with Gasteiger partial charge in [0.15, 0.2) is 0 Å². The van der Waals surface area contributed by atoms with E-state index < -0.39 is 10.1 Å². The molecule has 0 spiro atoms. The van der Waals surface area contributed by atoms with Crippen LogP contribution in [0.15, 0.2) is 155 Å². The van der Waals surface area contributed by atoms with E-state index in [0.717, 1.165) is 45.0 Å². The van der Waals surface area contributed by atoms with Crippen LogP contribution in [0.1, 0.15) is 22.3 Å². The Bertz CT molecular complexity index is 2100. The van der Waals surface area contributed by atoms with Crippen molar-refractivity contribution in [2.45, 2.75) is 18.2 Å². The second kappa shape index (κ2) is 13.7. The molecule has 0 saturated carbocycles. The van der Waals surface area contributed by atoms with Gasteiger partial charge in [-0.1, -0.05) is 66.7 Å². The van der Waals surface area contributed by atoms with Gasteiger partial charge >= 0.3 is 0 Å². The number of phenolic OH excluding ortho intramolecular Hbond substituents is 1. The van der Waals surface area contributed by atoms with Crippen molar-refractivity contribution in [1.82, 2.24) is 0 Å². The van der Waals surface area contributed by atoms with Gasteiger partial charge in [0.2, 0.25) is 0 Å². The molecule has 0 bridgehead atoms. The summed E-state index contributed by atoms with van der Waals surface area (Å²) in [6.45, 7) is 1.56. The molecule has 0 aromatic heterocycles. The SMILES string of the molecule is Cc1cc(S(=O)(=O)O)c(Nc2ccc(Cc3ccc(N=C4C=CC(=Cc5ccc(Nc6ccccc6)cc5)C=C4)cc3)cc2)cc1O. The molecule has 47 heavy (non-hydrogen) atoms. The lowest BCUT2D eigenvalue weighted by atomic mass is 10.0. The van der Waals surface area contributed by atoms with E-state index in [0.29, 0.717) is 17.7 Å². The molecule has 234 valence electrons. The highest BCUT2D eigenvalue weighted by Gasteiger charge is 2.18. The van der Waals surface area contributed by atoms with Gasteiger partial charge in [-0.25, -0.2) is 4.99 Å². The summed E-state index contributed by atoms with van der Waals surface area (Å²) in [7, 11) is -4.47. The van der Waals surface area contributed by atoms with Crippen LogP contribution in [0, 0.1) is 6.92 Å². The molecule has 0 unspecified atom stereocenters. The van der Waals surface area contributed by atoms with E-state index in [1.54, 1.807) is 6.92 Å². The fourth-order valence-corrected chi connectivity index (χ4v) is 5.82. The highest BCUT2D eigenvalue weighted by Crippen LogP contribution is 2.32. The first-order chi connectivity index (χ1) is 22.7. The number of aryl methyl sites for hydroxylation is 1. The van der Waals surface area contributed by atoms with Crippen molar-refractivity contribution in [3.05, 3.63) is 167 Å². The molecule has 0 fully saturated rings. The van der Waals surface area contributed by atoms with Crippen molar-refractivity contribution in [2.24, 2.45) is 4.99 Å². The summed E-state index contributed by atoms with van der Waals surface area (Å²) in [5, 5.41) is 16.4. The third-order valence-electron chi connectivity index (χ3n) is 7.61. The van der Waals surface area contributed by atoms with Crippen molar-refractivity contribution < 1.29 is 18.1 Å². The molecule has 1 aliphatic rings. The standard InChI is InChI=1S/C39H33N3O4S/c1-27-23-39(47(44,45)46)37(26-38(27)43)42-36-21-13-31(14-22-36)25-30-11-19-35(20-12-30)41-34-17-9-29(10-18-34)24-28-7-15-33(16-8-28)40-32-5-3-2-4-6-32/h2-24,26,40,42-43H,25H2,1H3,(H,44,45,46). The molecule has 1 aliphatic carbocycles. The molecule has 0 atom stereocenters. The largest absolute Gasteiger partial charge is 0.508 e. The zero-order chi connectivity index (χ0) is 32.8. The predicted molar refractivity (Wildman–Crippen MR) is 191 cm³/mol. The van der Waals surface area contributed by atoms with Gasteiger partial charge in [-0.3, -0.25) is 4.55 Å². The average molecular weight is 640 g/mol. The van der Waals surface area contributed by atoms with Gasteiger partial charge < -0.3 is 15.7 Å². The fraction of sp³-hybridized carbons (Fsp3) is 0.0513. The molecule has 7 nitrogen and oxygen atoms in total. The van der Waals surface area contributed by atoms with Crippen molar-refractivity contribution in [3.63, 3.8) is 0 Å². The van der Waals surface area contributed by atoms with Crippen LogP contribution >= 0.6 is 0 Å². The monoisotopic (exact) mass is 639 g/mol. The predicted octanol–water partition coefficient (Wildman–Crippen LogP) is 9.31. The highest BCUT2D eigenvalue weighted by atomic mass is 32.2. The minimum absolute atomic E-state index is 0.0723. The molecule has 4 N–H and O–H groups in total. The molecule has 5 aromatic carbocycles. The Balaban J connectivity index is 1.04. The second-order valence-corrected chi connectivity index (χ2v) is 12.6. The molecule has 6 rings (SSSR count). The third kappa shape index (κ3) is 8.32. The van der Waals surface area contributed by atoms with Crippen LogP contribution in [0.25, 0.3) is 6.08 Å². The van der Waals surface area contributed by atoms with Crippen LogP contribution in [-0.4, -0.2) is 23.8 Å². The molecule has 0 saturated heterocycles. The smallest absolute Gasteiger partial charge is 0.296 e. The molecule has 5 aromatic rings. The number of allylic oxidation sites excluding steroid dienone is 5. The van der Waals surface area contributed by atoms with E-state index >= 15 is 0 Å². The van der Waals surface area contributed by atoms with Gasteiger partial charge in [0.25, 0.3) is 10.1 Å². The molecule has 8 heteroatoms. The number of rotatable bonds is 9. The summed E-state index contributed by atoms with van der Waals surface area (Å²) in [6, 6.07) is 36.6. The third-order valence-corrected chi connectivity index (χ3v) is 8.50. The number of nitrogens with zero attached hydrogens (tertiary/aromatic N) is 1. The Morgan fingerprint density at radius 2 is 1.28 bits per heavy atom. The number of benzene rings is 5. The Morgan fingerprint density at radius 3 is 1.91 bits per heavy atom. The second-order valence-electron chi connectivity index (χ2n) is 11.2. The molecule has 0 radical (unpaired) electrons. The number of hydrogen-bond acceptors (Lipinski definition) is 6. The maximum atomic E-state index is 11.8. The first kappa shape index (κ1) is 31.3. The number of aromatic hydroxyl groups is 1. The summed E-state index contributed by atoms with van der Waals surface area (Å²) < 4.78 is 33.3. The van der Waals surface area contributed by atoms with E-state index in [2.05, 4.69) is 65.3 Å². The number of aliphatic imine (C=N–C) groups is 1. The molecule has 0 amide bonds. The molecular weight excluding hydrogens is 607 g/mol. The Kier molecular flexibility index (Phi) is 9.15. The number of hydrogen-bond donors (Lipinski definition) is 4. The number of para-hydroxylation sites is 1.